The van der Waals surface area contributed by atoms with Gasteiger partial charge in [0.05, 0.1) is 0 Å². The largest absolute Gasteiger partial charge is 0.311 e. The third kappa shape index (κ3) is 3.39. The minimum absolute atomic E-state index is 0.679. The Labute approximate surface area is 121 Å². The van der Waals surface area contributed by atoms with E-state index in [1.54, 1.807) is 0 Å². The van der Waals surface area contributed by atoms with Crippen molar-refractivity contribution in [2.75, 3.05) is 19.6 Å². The Morgan fingerprint density at radius 1 is 1.42 bits per heavy atom. The fraction of sp³-hybridized carbons (Fsp3) is 0.750. The third-order valence-corrected chi connectivity index (χ3v) is 5.62. The van der Waals surface area contributed by atoms with Gasteiger partial charge in [0.2, 0.25) is 0 Å². The summed E-state index contributed by atoms with van der Waals surface area (Å²) in [5.41, 5.74) is 0. The van der Waals surface area contributed by atoms with E-state index >= 15 is 0 Å². The Bertz CT molecular complexity index is 383. The van der Waals surface area contributed by atoms with Gasteiger partial charge >= 0.3 is 0 Å². The fourth-order valence-corrected chi connectivity index (χ4v) is 3.91. The molecule has 0 amide bonds. The van der Waals surface area contributed by atoms with Crippen molar-refractivity contribution in [1.29, 1.82) is 0 Å². The molecule has 3 heteroatoms. The van der Waals surface area contributed by atoms with E-state index in [1.807, 2.05) is 11.3 Å². The molecule has 0 spiro atoms. The summed E-state index contributed by atoms with van der Waals surface area (Å²) in [7, 11) is 0. The van der Waals surface area contributed by atoms with Crippen molar-refractivity contribution in [3.8, 4) is 0 Å². The molecular formula is C16H26N2S. The van der Waals surface area contributed by atoms with Gasteiger partial charge in [0, 0.05) is 36.6 Å². The highest BCUT2D eigenvalue weighted by atomic mass is 32.1. The van der Waals surface area contributed by atoms with Crippen molar-refractivity contribution in [1.82, 2.24) is 10.2 Å². The number of hydrogen-bond acceptors (Lipinski definition) is 3. The van der Waals surface area contributed by atoms with Crippen molar-refractivity contribution in [3.63, 3.8) is 0 Å². The molecule has 1 aliphatic heterocycles. The maximum absolute atomic E-state index is 3.77. The lowest BCUT2D eigenvalue weighted by atomic mass is 9.97. The molecule has 106 valence electrons. The van der Waals surface area contributed by atoms with Crippen LogP contribution in [0.5, 0.6) is 0 Å². The summed E-state index contributed by atoms with van der Waals surface area (Å²) >= 11 is 1.90. The van der Waals surface area contributed by atoms with Crippen molar-refractivity contribution in [2.24, 2.45) is 11.8 Å². The van der Waals surface area contributed by atoms with Crippen LogP contribution in [-0.2, 0) is 6.42 Å². The standard InChI is InChI=1S/C16H26N2S/c1-12(2)15-11-18(8-7-14-4-3-9-19-14)16(10-17-15)13-5-6-13/h3-4,9,12-13,15-17H,5-8,10-11H2,1-2H3. The van der Waals surface area contributed by atoms with E-state index in [4.69, 9.17) is 0 Å². The van der Waals surface area contributed by atoms with E-state index in [0.29, 0.717) is 6.04 Å². The van der Waals surface area contributed by atoms with E-state index < -0.39 is 0 Å². The number of hydrogen-bond donors (Lipinski definition) is 1. The highest BCUT2D eigenvalue weighted by molar-refractivity contribution is 7.09. The number of rotatable bonds is 5. The molecule has 2 heterocycles. The number of nitrogens with zero attached hydrogens (tertiary/aromatic N) is 1. The summed E-state index contributed by atoms with van der Waals surface area (Å²) in [4.78, 5) is 4.31. The summed E-state index contributed by atoms with van der Waals surface area (Å²) in [6.07, 6.45) is 4.13. The van der Waals surface area contributed by atoms with Gasteiger partial charge in [-0.05, 0) is 42.5 Å². The first-order valence-corrected chi connectivity index (χ1v) is 8.62. The lowest BCUT2D eigenvalue weighted by molar-refractivity contribution is 0.101. The average Bonchev–Trinajstić information content (AvgIpc) is 3.12. The molecule has 2 fully saturated rings. The van der Waals surface area contributed by atoms with Gasteiger partial charge in [0.1, 0.15) is 0 Å². The van der Waals surface area contributed by atoms with Crippen LogP contribution in [-0.4, -0.2) is 36.6 Å². The molecule has 1 saturated carbocycles. The molecule has 0 bridgehead atoms. The minimum atomic E-state index is 0.679. The molecule has 1 saturated heterocycles. The van der Waals surface area contributed by atoms with Gasteiger partial charge in [-0.25, -0.2) is 0 Å². The summed E-state index contributed by atoms with van der Waals surface area (Å²) in [6.45, 7) is 8.37. The second-order valence-electron chi connectivity index (χ2n) is 6.49. The fourth-order valence-electron chi connectivity index (χ4n) is 3.21. The number of piperazine rings is 1. The maximum atomic E-state index is 3.77. The van der Waals surface area contributed by atoms with Gasteiger partial charge < -0.3 is 5.32 Å². The first kappa shape index (κ1) is 13.6. The van der Waals surface area contributed by atoms with E-state index in [-0.39, 0.29) is 0 Å². The second-order valence-corrected chi connectivity index (χ2v) is 7.52. The predicted molar refractivity (Wildman–Crippen MR) is 82.7 cm³/mol. The van der Waals surface area contributed by atoms with Crippen molar-refractivity contribution in [2.45, 2.75) is 45.2 Å². The zero-order valence-corrected chi connectivity index (χ0v) is 13.0. The maximum Gasteiger partial charge on any atom is 0.0249 e. The van der Waals surface area contributed by atoms with Gasteiger partial charge in [-0.1, -0.05) is 19.9 Å². The summed E-state index contributed by atoms with van der Waals surface area (Å²) in [5.74, 6) is 1.72. The van der Waals surface area contributed by atoms with Crippen molar-refractivity contribution < 1.29 is 0 Å². The van der Waals surface area contributed by atoms with Crippen LogP contribution in [0.2, 0.25) is 0 Å². The SMILES string of the molecule is CC(C)C1CN(CCc2cccs2)C(C2CC2)CN1. The average molecular weight is 278 g/mol. The highest BCUT2D eigenvalue weighted by Crippen LogP contribution is 2.36. The topological polar surface area (TPSA) is 15.3 Å². The number of thiophene rings is 1. The van der Waals surface area contributed by atoms with Crippen LogP contribution in [0.1, 0.15) is 31.6 Å². The summed E-state index contributed by atoms with van der Waals surface area (Å²) in [5, 5.41) is 5.97. The smallest absolute Gasteiger partial charge is 0.0249 e. The molecular weight excluding hydrogens is 252 g/mol. The quantitative estimate of drug-likeness (QED) is 0.891. The predicted octanol–water partition coefficient (Wildman–Crippen LogP) is 3.00. The third-order valence-electron chi connectivity index (χ3n) is 4.69. The van der Waals surface area contributed by atoms with Crippen LogP contribution in [0.15, 0.2) is 17.5 Å². The van der Waals surface area contributed by atoms with Gasteiger partial charge in [-0.3, -0.25) is 4.90 Å². The molecule has 1 aromatic rings. The normalized spacial score (nSPS) is 29.0. The molecule has 2 unspecified atom stereocenters. The van der Waals surface area contributed by atoms with Crippen LogP contribution >= 0.6 is 11.3 Å². The van der Waals surface area contributed by atoms with Gasteiger partial charge in [0.15, 0.2) is 0 Å². The molecule has 1 aliphatic carbocycles. The Morgan fingerprint density at radius 2 is 2.26 bits per heavy atom. The lowest BCUT2D eigenvalue weighted by Crippen LogP contribution is -2.59. The Kier molecular flexibility index (Phi) is 4.25. The van der Waals surface area contributed by atoms with E-state index in [2.05, 4.69) is 41.6 Å². The van der Waals surface area contributed by atoms with Crippen LogP contribution in [0.3, 0.4) is 0 Å². The van der Waals surface area contributed by atoms with Gasteiger partial charge in [-0.15, -0.1) is 11.3 Å². The number of nitrogens with one attached hydrogen (secondary N) is 1. The van der Waals surface area contributed by atoms with E-state index in [1.165, 1.54) is 43.8 Å². The first-order valence-electron chi connectivity index (χ1n) is 7.74. The molecule has 2 aliphatic rings. The second kappa shape index (κ2) is 5.94. The highest BCUT2D eigenvalue weighted by Gasteiger charge is 2.38. The molecule has 0 radical (unpaired) electrons. The zero-order chi connectivity index (χ0) is 13.2. The van der Waals surface area contributed by atoms with Crippen LogP contribution < -0.4 is 5.32 Å². The van der Waals surface area contributed by atoms with Crippen LogP contribution in [0, 0.1) is 11.8 Å². The monoisotopic (exact) mass is 278 g/mol. The van der Waals surface area contributed by atoms with Crippen molar-refractivity contribution in [3.05, 3.63) is 22.4 Å². The summed E-state index contributed by atoms with van der Waals surface area (Å²) < 4.78 is 0. The van der Waals surface area contributed by atoms with E-state index in [0.717, 1.165) is 17.9 Å². The van der Waals surface area contributed by atoms with Gasteiger partial charge in [0.25, 0.3) is 0 Å². The van der Waals surface area contributed by atoms with E-state index in [9.17, 15) is 0 Å². The molecule has 3 rings (SSSR count). The Balaban J connectivity index is 1.59. The molecule has 0 aromatic carbocycles. The molecule has 2 atom stereocenters. The molecule has 1 aromatic heterocycles. The molecule has 19 heavy (non-hydrogen) atoms. The van der Waals surface area contributed by atoms with Crippen LogP contribution in [0.25, 0.3) is 0 Å². The summed E-state index contributed by atoms with van der Waals surface area (Å²) in [6, 6.07) is 5.93. The zero-order valence-electron chi connectivity index (χ0n) is 12.1. The van der Waals surface area contributed by atoms with Gasteiger partial charge in [-0.2, -0.15) is 0 Å². The Morgan fingerprint density at radius 3 is 2.89 bits per heavy atom. The van der Waals surface area contributed by atoms with Crippen LogP contribution in [0.4, 0.5) is 0 Å². The Hall–Kier alpha value is -0.380. The van der Waals surface area contributed by atoms with Crippen molar-refractivity contribution >= 4 is 11.3 Å². The molecule has 2 nitrogen and oxygen atoms in total. The lowest BCUT2D eigenvalue weighted by Gasteiger charge is -2.42. The minimum Gasteiger partial charge on any atom is -0.311 e. The molecule has 1 N–H and O–H groups in total. The first-order chi connectivity index (χ1) is 9.24.